The first-order valence-electron chi connectivity index (χ1n) is 11.3. The Morgan fingerprint density at radius 1 is 0.909 bits per heavy atom. The van der Waals surface area contributed by atoms with Crippen LogP contribution in [0.1, 0.15) is 44.2 Å². The molecule has 180 valence electrons. The van der Waals surface area contributed by atoms with Crippen molar-refractivity contribution < 1.29 is 23.8 Å². The lowest BCUT2D eigenvalue weighted by Gasteiger charge is -2.29. The number of methoxy groups -OCH3 is 3. The monoisotopic (exact) mass is 456 g/mol. The molecular weight excluding hydrogens is 420 g/mol. The number of unbranched alkanes of at least 4 members (excludes halogenated alkanes) is 2. The molecule has 2 aromatic rings. The van der Waals surface area contributed by atoms with Crippen molar-refractivity contribution in [1.82, 2.24) is 10.2 Å². The molecule has 0 heterocycles. The van der Waals surface area contributed by atoms with Gasteiger partial charge in [0, 0.05) is 13.1 Å². The maximum Gasteiger partial charge on any atom is 0.242 e. The standard InChI is InChI=1S/C26H36N2O5/c1-6-7-8-15-27-26(30)19(2)28(18-20-9-12-22(31-3)13-10-20)25(29)17-21-11-14-23(32-4)24(16-21)33-5/h9-14,16,19H,6-8,15,17-18H2,1-5H3,(H,27,30). The minimum Gasteiger partial charge on any atom is -0.497 e. The van der Waals surface area contributed by atoms with Gasteiger partial charge in [0.25, 0.3) is 0 Å². The number of hydrogen-bond donors (Lipinski definition) is 1. The summed E-state index contributed by atoms with van der Waals surface area (Å²) >= 11 is 0. The first-order chi connectivity index (χ1) is 15.9. The van der Waals surface area contributed by atoms with Crippen LogP contribution in [0.15, 0.2) is 42.5 Å². The number of nitrogens with zero attached hydrogens (tertiary/aromatic N) is 1. The van der Waals surface area contributed by atoms with Crippen molar-refractivity contribution in [3.63, 3.8) is 0 Å². The van der Waals surface area contributed by atoms with Gasteiger partial charge in [0.1, 0.15) is 11.8 Å². The van der Waals surface area contributed by atoms with Gasteiger partial charge in [0.05, 0.1) is 27.8 Å². The van der Waals surface area contributed by atoms with Gasteiger partial charge in [-0.2, -0.15) is 0 Å². The molecule has 0 radical (unpaired) electrons. The van der Waals surface area contributed by atoms with E-state index in [1.54, 1.807) is 45.3 Å². The number of rotatable bonds is 13. The zero-order valence-electron chi connectivity index (χ0n) is 20.3. The normalized spacial score (nSPS) is 11.4. The average Bonchev–Trinajstić information content (AvgIpc) is 2.84. The largest absolute Gasteiger partial charge is 0.497 e. The second-order valence-electron chi connectivity index (χ2n) is 7.91. The fourth-order valence-electron chi connectivity index (χ4n) is 3.51. The van der Waals surface area contributed by atoms with Crippen LogP contribution in [0.4, 0.5) is 0 Å². The second kappa shape index (κ2) is 13.4. The zero-order valence-corrected chi connectivity index (χ0v) is 20.3. The van der Waals surface area contributed by atoms with Crippen molar-refractivity contribution in [3.05, 3.63) is 53.6 Å². The molecule has 0 saturated carbocycles. The van der Waals surface area contributed by atoms with Gasteiger partial charge in [-0.1, -0.05) is 38.0 Å². The fraction of sp³-hybridized carbons (Fsp3) is 0.462. The third-order valence-corrected chi connectivity index (χ3v) is 5.56. The molecule has 2 rings (SSSR count). The maximum atomic E-state index is 13.4. The van der Waals surface area contributed by atoms with Gasteiger partial charge in [-0.15, -0.1) is 0 Å². The lowest BCUT2D eigenvalue weighted by atomic mass is 10.1. The number of ether oxygens (including phenoxy) is 3. The summed E-state index contributed by atoms with van der Waals surface area (Å²) in [4.78, 5) is 27.8. The molecule has 33 heavy (non-hydrogen) atoms. The first kappa shape index (κ1) is 26.0. The number of amides is 2. The Hall–Kier alpha value is -3.22. The van der Waals surface area contributed by atoms with E-state index < -0.39 is 6.04 Å². The number of carbonyl (C=O) groups is 2. The molecule has 1 N–H and O–H groups in total. The summed E-state index contributed by atoms with van der Waals surface area (Å²) < 4.78 is 15.9. The molecule has 7 nitrogen and oxygen atoms in total. The van der Waals surface area contributed by atoms with Gasteiger partial charge in [0.15, 0.2) is 11.5 Å². The summed E-state index contributed by atoms with van der Waals surface area (Å²) in [5, 5.41) is 2.96. The molecule has 0 bridgehead atoms. The highest BCUT2D eigenvalue weighted by molar-refractivity contribution is 5.88. The Morgan fingerprint density at radius 3 is 2.18 bits per heavy atom. The Kier molecular flexibility index (Phi) is 10.5. The van der Waals surface area contributed by atoms with Crippen molar-refractivity contribution >= 4 is 11.8 Å². The Bertz CT molecular complexity index is 898. The molecule has 0 aromatic heterocycles. The van der Waals surface area contributed by atoms with Crippen LogP contribution in [-0.2, 0) is 22.6 Å². The maximum absolute atomic E-state index is 13.4. The highest BCUT2D eigenvalue weighted by Crippen LogP contribution is 2.28. The molecule has 7 heteroatoms. The lowest BCUT2D eigenvalue weighted by molar-refractivity contribution is -0.140. The predicted molar refractivity (Wildman–Crippen MR) is 129 cm³/mol. The number of carbonyl (C=O) groups excluding carboxylic acids is 2. The van der Waals surface area contributed by atoms with Gasteiger partial charge >= 0.3 is 0 Å². The molecule has 0 saturated heterocycles. The number of benzene rings is 2. The zero-order chi connectivity index (χ0) is 24.2. The highest BCUT2D eigenvalue weighted by atomic mass is 16.5. The van der Waals surface area contributed by atoms with E-state index in [-0.39, 0.29) is 18.2 Å². The van der Waals surface area contributed by atoms with E-state index in [1.807, 2.05) is 30.3 Å². The van der Waals surface area contributed by atoms with Gasteiger partial charge in [-0.3, -0.25) is 9.59 Å². The van der Waals surface area contributed by atoms with Crippen LogP contribution >= 0.6 is 0 Å². The summed E-state index contributed by atoms with van der Waals surface area (Å²) in [5.41, 5.74) is 1.70. The van der Waals surface area contributed by atoms with E-state index in [0.29, 0.717) is 24.6 Å². The van der Waals surface area contributed by atoms with E-state index >= 15 is 0 Å². The van der Waals surface area contributed by atoms with E-state index in [2.05, 4.69) is 12.2 Å². The van der Waals surface area contributed by atoms with Crippen molar-refractivity contribution in [3.8, 4) is 17.2 Å². The van der Waals surface area contributed by atoms with Crippen LogP contribution in [-0.4, -0.2) is 50.6 Å². The van der Waals surface area contributed by atoms with Gasteiger partial charge in [0.2, 0.25) is 11.8 Å². The molecule has 1 atom stereocenters. The van der Waals surface area contributed by atoms with Crippen molar-refractivity contribution in [2.45, 2.75) is 52.1 Å². The fourth-order valence-corrected chi connectivity index (χ4v) is 3.51. The summed E-state index contributed by atoms with van der Waals surface area (Å²) in [5.74, 6) is 1.60. The number of nitrogens with one attached hydrogen (secondary N) is 1. The van der Waals surface area contributed by atoms with Crippen LogP contribution < -0.4 is 19.5 Å². The molecule has 1 unspecified atom stereocenters. The highest BCUT2D eigenvalue weighted by Gasteiger charge is 2.26. The third-order valence-electron chi connectivity index (χ3n) is 5.56. The van der Waals surface area contributed by atoms with Crippen LogP contribution in [0.3, 0.4) is 0 Å². The van der Waals surface area contributed by atoms with Crippen LogP contribution in [0, 0.1) is 0 Å². The SMILES string of the molecule is CCCCCNC(=O)C(C)N(Cc1ccc(OC)cc1)C(=O)Cc1ccc(OC)c(OC)c1. The predicted octanol–water partition coefficient (Wildman–Crippen LogP) is 3.98. The second-order valence-corrected chi connectivity index (χ2v) is 7.91. The molecule has 2 amide bonds. The first-order valence-corrected chi connectivity index (χ1v) is 11.3. The van der Waals surface area contributed by atoms with Gasteiger partial charge < -0.3 is 24.4 Å². The molecule has 0 aliphatic heterocycles. The summed E-state index contributed by atoms with van der Waals surface area (Å²) in [6, 6.07) is 12.3. The van der Waals surface area contributed by atoms with Crippen molar-refractivity contribution in [2.24, 2.45) is 0 Å². The smallest absolute Gasteiger partial charge is 0.242 e. The van der Waals surface area contributed by atoms with Crippen LogP contribution in [0.25, 0.3) is 0 Å². The topological polar surface area (TPSA) is 77.1 Å². The van der Waals surface area contributed by atoms with E-state index in [4.69, 9.17) is 14.2 Å². The van der Waals surface area contributed by atoms with E-state index in [1.165, 1.54) is 0 Å². The van der Waals surface area contributed by atoms with Crippen molar-refractivity contribution in [2.75, 3.05) is 27.9 Å². The minimum absolute atomic E-state index is 0.143. The Labute approximate surface area is 197 Å². The summed E-state index contributed by atoms with van der Waals surface area (Å²) in [6.07, 6.45) is 3.21. The molecular formula is C26H36N2O5. The molecule has 0 fully saturated rings. The average molecular weight is 457 g/mol. The van der Waals surface area contributed by atoms with Crippen LogP contribution in [0.2, 0.25) is 0 Å². The number of hydrogen-bond acceptors (Lipinski definition) is 5. The van der Waals surface area contributed by atoms with Crippen LogP contribution in [0.5, 0.6) is 17.2 Å². The Morgan fingerprint density at radius 2 is 1.58 bits per heavy atom. The van der Waals surface area contributed by atoms with Gasteiger partial charge in [-0.25, -0.2) is 0 Å². The minimum atomic E-state index is -0.610. The molecule has 0 aliphatic rings. The summed E-state index contributed by atoms with van der Waals surface area (Å²) in [6.45, 7) is 4.82. The summed E-state index contributed by atoms with van der Waals surface area (Å²) in [7, 11) is 4.74. The molecule has 2 aromatic carbocycles. The van der Waals surface area contributed by atoms with Crippen molar-refractivity contribution in [1.29, 1.82) is 0 Å². The Balaban J connectivity index is 2.20. The quantitative estimate of drug-likeness (QED) is 0.462. The lowest BCUT2D eigenvalue weighted by Crippen LogP contribution is -2.48. The third kappa shape index (κ3) is 7.70. The molecule has 0 aliphatic carbocycles. The van der Waals surface area contributed by atoms with Gasteiger partial charge in [-0.05, 0) is 48.7 Å². The van der Waals surface area contributed by atoms with E-state index in [9.17, 15) is 9.59 Å². The molecule has 0 spiro atoms. The van der Waals surface area contributed by atoms with E-state index in [0.717, 1.165) is 36.1 Å².